The minimum absolute atomic E-state index is 0.0418. The fraction of sp³-hybridized carbons (Fsp3) is 0.364. The van der Waals surface area contributed by atoms with Crippen LogP contribution in [0, 0.1) is 0 Å². The summed E-state index contributed by atoms with van der Waals surface area (Å²) in [4.78, 5) is 18.2. The molecule has 1 atom stereocenters. The van der Waals surface area contributed by atoms with E-state index in [9.17, 15) is 4.79 Å². The lowest BCUT2D eigenvalue weighted by Gasteiger charge is -2.14. The van der Waals surface area contributed by atoms with Gasteiger partial charge in [0.1, 0.15) is 12.2 Å². The number of carbonyl (C=O) groups is 1. The quantitative estimate of drug-likeness (QED) is 0.918. The van der Waals surface area contributed by atoms with Crippen LogP contribution in [0.4, 0.5) is 0 Å². The van der Waals surface area contributed by atoms with E-state index in [1.165, 1.54) is 17.7 Å². The summed E-state index contributed by atoms with van der Waals surface area (Å²) in [5, 5.41) is 8.51. The van der Waals surface area contributed by atoms with E-state index < -0.39 is 0 Å². The van der Waals surface area contributed by atoms with Crippen LogP contribution >= 0.6 is 22.9 Å². The molecule has 1 aliphatic rings. The van der Waals surface area contributed by atoms with Gasteiger partial charge in [0, 0.05) is 24.4 Å². The lowest BCUT2D eigenvalue weighted by atomic mass is 10.1. The number of nitrogens with one attached hydrogen (secondary N) is 1. The van der Waals surface area contributed by atoms with Crippen LogP contribution in [0.3, 0.4) is 0 Å². The summed E-state index contributed by atoms with van der Waals surface area (Å²) >= 11 is 7.23. The van der Waals surface area contributed by atoms with Gasteiger partial charge in [0.25, 0.3) is 5.91 Å². The lowest BCUT2D eigenvalue weighted by molar-refractivity contribution is 0.0791. The van der Waals surface area contributed by atoms with Crippen molar-refractivity contribution in [3.8, 4) is 0 Å². The zero-order valence-corrected chi connectivity index (χ0v) is 11.0. The Morgan fingerprint density at radius 3 is 3.17 bits per heavy atom. The molecule has 0 radical (unpaired) electrons. The molecule has 0 bridgehead atoms. The second-order valence-corrected chi connectivity index (χ2v) is 5.79. The van der Waals surface area contributed by atoms with Crippen molar-refractivity contribution < 1.29 is 4.79 Å². The number of nitrogens with zero attached hydrogens (tertiary/aromatic N) is 3. The number of rotatable bonds is 2. The van der Waals surface area contributed by atoms with Crippen molar-refractivity contribution in [1.29, 1.82) is 0 Å². The van der Waals surface area contributed by atoms with Gasteiger partial charge in [-0.25, -0.2) is 4.98 Å². The van der Waals surface area contributed by atoms with Crippen molar-refractivity contribution >= 4 is 28.8 Å². The van der Waals surface area contributed by atoms with Gasteiger partial charge in [0.15, 0.2) is 0 Å². The third kappa shape index (κ3) is 2.13. The summed E-state index contributed by atoms with van der Waals surface area (Å²) in [5.74, 6) is 1.15. The predicted molar refractivity (Wildman–Crippen MR) is 69.0 cm³/mol. The highest BCUT2D eigenvalue weighted by Crippen LogP contribution is 2.27. The number of carbonyl (C=O) groups excluding carboxylic acids is 1. The van der Waals surface area contributed by atoms with Crippen LogP contribution in [0.5, 0.6) is 0 Å². The standard InChI is InChI=1S/C11H11ClN4OS/c12-9-3-8(5-18-9)11(17)16-2-1-7(4-16)10-13-6-14-15-10/h3,5-7H,1-2,4H2,(H,13,14,15). The molecule has 0 spiro atoms. The molecule has 1 fully saturated rings. The van der Waals surface area contributed by atoms with E-state index in [1.54, 1.807) is 11.4 Å². The molecule has 1 unspecified atom stereocenters. The summed E-state index contributed by atoms with van der Waals surface area (Å²) in [6.07, 6.45) is 2.41. The van der Waals surface area contributed by atoms with Crippen LogP contribution < -0.4 is 0 Å². The van der Waals surface area contributed by atoms with Crippen LogP contribution in [0.25, 0.3) is 0 Å². The number of halogens is 1. The minimum atomic E-state index is 0.0418. The average Bonchev–Trinajstić information content (AvgIpc) is 3.09. The van der Waals surface area contributed by atoms with Gasteiger partial charge in [0.2, 0.25) is 0 Å². The second kappa shape index (κ2) is 4.70. The van der Waals surface area contributed by atoms with Crippen LogP contribution in [0.1, 0.15) is 28.5 Å². The first-order valence-electron chi connectivity index (χ1n) is 5.62. The molecule has 1 aliphatic heterocycles. The van der Waals surface area contributed by atoms with E-state index in [1.807, 2.05) is 4.90 Å². The Kier molecular flexibility index (Phi) is 3.05. The van der Waals surface area contributed by atoms with Crippen molar-refractivity contribution in [3.05, 3.63) is 33.5 Å². The largest absolute Gasteiger partial charge is 0.338 e. The van der Waals surface area contributed by atoms with Crippen molar-refractivity contribution in [2.24, 2.45) is 0 Å². The van der Waals surface area contributed by atoms with Crippen LogP contribution in [0.15, 0.2) is 17.8 Å². The molecule has 1 amide bonds. The van der Waals surface area contributed by atoms with E-state index in [0.717, 1.165) is 18.8 Å². The predicted octanol–water partition coefficient (Wildman–Crippen LogP) is 2.15. The molecule has 1 saturated heterocycles. The Morgan fingerprint density at radius 1 is 1.61 bits per heavy atom. The van der Waals surface area contributed by atoms with Crippen LogP contribution in [-0.2, 0) is 0 Å². The van der Waals surface area contributed by atoms with Gasteiger partial charge in [0.05, 0.1) is 9.90 Å². The number of likely N-dealkylation sites (tertiary alicyclic amines) is 1. The van der Waals surface area contributed by atoms with E-state index in [-0.39, 0.29) is 11.8 Å². The molecule has 0 saturated carbocycles. The molecular formula is C11H11ClN4OS. The Hall–Kier alpha value is -1.40. The zero-order valence-electron chi connectivity index (χ0n) is 9.47. The first-order valence-corrected chi connectivity index (χ1v) is 6.88. The third-order valence-electron chi connectivity index (χ3n) is 3.11. The summed E-state index contributed by atoms with van der Waals surface area (Å²) in [6.45, 7) is 1.43. The Bertz CT molecular complexity index is 553. The Balaban J connectivity index is 1.70. The molecule has 94 valence electrons. The molecule has 2 aromatic rings. The van der Waals surface area contributed by atoms with Gasteiger partial charge >= 0.3 is 0 Å². The van der Waals surface area contributed by atoms with Crippen molar-refractivity contribution in [2.75, 3.05) is 13.1 Å². The smallest absolute Gasteiger partial charge is 0.254 e. The molecule has 7 heteroatoms. The highest BCUT2D eigenvalue weighted by atomic mass is 35.5. The summed E-state index contributed by atoms with van der Waals surface area (Å²) in [5.41, 5.74) is 0.670. The van der Waals surface area contributed by atoms with Gasteiger partial charge in [-0.1, -0.05) is 11.6 Å². The van der Waals surface area contributed by atoms with Crippen molar-refractivity contribution in [3.63, 3.8) is 0 Å². The fourth-order valence-electron chi connectivity index (χ4n) is 2.18. The van der Waals surface area contributed by atoms with E-state index >= 15 is 0 Å². The molecule has 18 heavy (non-hydrogen) atoms. The maximum Gasteiger partial charge on any atom is 0.254 e. The van der Waals surface area contributed by atoms with Gasteiger partial charge in [-0.15, -0.1) is 11.3 Å². The molecule has 1 N–H and O–H groups in total. The zero-order chi connectivity index (χ0) is 12.5. The highest BCUT2D eigenvalue weighted by Gasteiger charge is 2.29. The first kappa shape index (κ1) is 11.7. The fourth-order valence-corrected chi connectivity index (χ4v) is 3.04. The Morgan fingerprint density at radius 2 is 2.50 bits per heavy atom. The topological polar surface area (TPSA) is 61.9 Å². The normalized spacial score (nSPS) is 19.4. The number of aromatic amines is 1. The molecule has 3 rings (SSSR count). The van der Waals surface area contributed by atoms with E-state index in [2.05, 4.69) is 15.2 Å². The third-order valence-corrected chi connectivity index (χ3v) is 4.20. The molecule has 2 aromatic heterocycles. The number of hydrogen-bond donors (Lipinski definition) is 1. The lowest BCUT2D eigenvalue weighted by Crippen LogP contribution is -2.28. The number of amides is 1. The number of H-pyrrole nitrogens is 1. The number of aromatic nitrogens is 3. The summed E-state index contributed by atoms with van der Waals surface area (Å²) < 4.78 is 0.643. The van der Waals surface area contributed by atoms with Gasteiger partial charge < -0.3 is 4.90 Å². The number of thiophene rings is 1. The number of hydrogen-bond acceptors (Lipinski definition) is 4. The SMILES string of the molecule is O=C(c1csc(Cl)c1)N1CCC(c2ncn[nH]2)C1. The second-order valence-electron chi connectivity index (χ2n) is 4.25. The molecule has 0 aliphatic carbocycles. The monoisotopic (exact) mass is 282 g/mol. The van der Waals surface area contributed by atoms with Crippen molar-refractivity contribution in [2.45, 2.75) is 12.3 Å². The molecule has 3 heterocycles. The molecular weight excluding hydrogens is 272 g/mol. The van der Waals surface area contributed by atoms with Crippen LogP contribution in [0.2, 0.25) is 4.34 Å². The summed E-state index contributed by atoms with van der Waals surface area (Å²) in [6, 6.07) is 1.72. The maximum atomic E-state index is 12.2. The maximum absolute atomic E-state index is 12.2. The first-order chi connectivity index (χ1) is 8.74. The van der Waals surface area contributed by atoms with E-state index in [0.29, 0.717) is 16.4 Å². The van der Waals surface area contributed by atoms with E-state index in [4.69, 9.17) is 11.6 Å². The van der Waals surface area contributed by atoms with Gasteiger partial charge in [-0.05, 0) is 12.5 Å². The van der Waals surface area contributed by atoms with Crippen LogP contribution in [-0.4, -0.2) is 39.1 Å². The van der Waals surface area contributed by atoms with Gasteiger partial charge in [-0.2, -0.15) is 5.10 Å². The van der Waals surface area contributed by atoms with Gasteiger partial charge in [-0.3, -0.25) is 9.89 Å². The molecule has 0 aromatic carbocycles. The average molecular weight is 283 g/mol. The van der Waals surface area contributed by atoms with Crippen molar-refractivity contribution in [1.82, 2.24) is 20.1 Å². The Labute approximate surface area is 113 Å². The molecule has 5 nitrogen and oxygen atoms in total. The summed E-state index contributed by atoms with van der Waals surface area (Å²) in [7, 11) is 0. The minimum Gasteiger partial charge on any atom is -0.338 e. The highest BCUT2D eigenvalue weighted by molar-refractivity contribution is 7.14.